The summed E-state index contributed by atoms with van der Waals surface area (Å²) in [6.45, 7) is 0. The van der Waals surface area contributed by atoms with Crippen LogP contribution in [0.15, 0.2) is 46.8 Å². The molecule has 0 aliphatic heterocycles. The van der Waals surface area contributed by atoms with Gasteiger partial charge < -0.3 is 5.73 Å². The van der Waals surface area contributed by atoms with Gasteiger partial charge in [0, 0.05) is 5.02 Å². The summed E-state index contributed by atoms with van der Waals surface area (Å²) < 4.78 is 53.1. The lowest BCUT2D eigenvalue weighted by Gasteiger charge is -1.97. The predicted octanol–water partition coefficient (Wildman–Crippen LogP) is 3.34. The van der Waals surface area contributed by atoms with E-state index in [0.29, 0.717) is 21.3 Å². The van der Waals surface area contributed by atoms with Crippen LogP contribution in [0.5, 0.6) is 0 Å². The Morgan fingerprint density at radius 3 is 2.08 bits per heavy atom. The molecule has 3 N–H and O–H groups in total. The Kier molecular flexibility index (Phi) is 7.64. The van der Waals surface area contributed by atoms with E-state index in [1.807, 2.05) is 0 Å². The molecule has 0 fully saturated rings. The summed E-state index contributed by atoms with van der Waals surface area (Å²) in [4.78, 5) is 0. The van der Waals surface area contributed by atoms with Gasteiger partial charge >= 0.3 is 10.5 Å². The van der Waals surface area contributed by atoms with Gasteiger partial charge in [-0.1, -0.05) is 35.3 Å². The highest BCUT2D eigenvalue weighted by atomic mass is 35.5. The summed E-state index contributed by atoms with van der Waals surface area (Å²) in [5, 5.41) is 1.15. The van der Waals surface area contributed by atoms with E-state index in [1.54, 1.807) is 18.2 Å². The van der Waals surface area contributed by atoms with E-state index in [-0.39, 0.29) is 5.69 Å². The normalized spacial score (nSPS) is 10.5. The van der Waals surface area contributed by atoms with Gasteiger partial charge in [-0.15, -0.1) is 4.36 Å². The fourth-order valence-corrected chi connectivity index (χ4v) is 2.67. The third kappa shape index (κ3) is 8.27. The van der Waals surface area contributed by atoms with Crippen molar-refractivity contribution in [1.29, 1.82) is 0 Å². The van der Waals surface area contributed by atoms with Crippen LogP contribution < -0.4 is 5.73 Å². The van der Waals surface area contributed by atoms with Crippen LogP contribution in [0.25, 0.3) is 0 Å². The first-order valence-corrected chi connectivity index (χ1v) is 9.52. The third-order valence-corrected chi connectivity index (χ3v) is 4.06. The van der Waals surface area contributed by atoms with Gasteiger partial charge in [0.2, 0.25) is 0 Å². The number of hydrogen-bond donors (Lipinski definition) is 2. The highest BCUT2D eigenvalue weighted by Crippen LogP contribution is 2.21. The molecular formula is C13H12Cl2N2O5S2. The van der Waals surface area contributed by atoms with E-state index in [2.05, 4.69) is 4.36 Å². The number of anilines is 1. The minimum Gasteiger partial charge on any atom is -0.397 e. The number of nitrogens with two attached hydrogens (primary N) is 1. The number of halogens is 2. The number of benzene rings is 2. The van der Waals surface area contributed by atoms with Crippen LogP contribution in [0.3, 0.4) is 0 Å². The zero-order valence-electron chi connectivity index (χ0n) is 11.9. The van der Waals surface area contributed by atoms with Gasteiger partial charge in [-0.2, -0.15) is 16.8 Å². The average molecular weight is 411 g/mol. The Bertz CT molecular complexity index is 935. The number of hydrogen-bond acceptors (Lipinski definition) is 6. The van der Waals surface area contributed by atoms with Crippen molar-refractivity contribution in [3.63, 3.8) is 0 Å². The molecule has 11 heteroatoms. The maximum atomic E-state index is 10.5. The molecule has 0 heterocycles. The maximum Gasteiger partial charge on any atom is 0.316 e. The van der Waals surface area contributed by atoms with Crippen molar-refractivity contribution < 1.29 is 21.4 Å². The standard InChI is InChI=1S/C7H7NO5S2.C6H5Cl2N/c9-14(10)8-7-3-1-6(2-4-7)5-15(11,12)13;7-4-1-2-5(8)6(9)3-4/h1-4H,5H2,(H,11,12,13);1-3H,9H2. The van der Waals surface area contributed by atoms with Crippen molar-refractivity contribution in [3.8, 4) is 0 Å². The Labute approximate surface area is 150 Å². The van der Waals surface area contributed by atoms with Gasteiger partial charge in [0.1, 0.15) is 5.75 Å². The van der Waals surface area contributed by atoms with E-state index in [9.17, 15) is 16.8 Å². The van der Waals surface area contributed by atoms with Crippen molar-refractivity contribution in [2.45, 2.75) is 5.75 Å². The summed E-state index contributed by atoms with van der Waals surface area (Å²) >= 11 is 11.2. The smallest absolute Gasteiger partial charge is 0.316 e. The van der Waals surface area contributed by atoms with Gasteiger partial charge in [0.25, 0.3) is 10.1 Å². The molecule has 0 radical (unpaired) electrons. The van der Waals surface area contributed by atoms with E-state index >= 15 is 0 Å². The second kappa shape index (κ2) is 9.00. The molecule has 0 spiro atoms. The fraction of sp³-hybridized carbons (Fsp3) is 0.0769. The second-order valence-electron chi connectivity index (χ2n) is 4.37. The largest absolute Gasteiger partial charge is 0.397 e. The van der Waals surface area contributed by atoms with Crippen LogP contribution in [-0.4, -0.2) is 21.4 Å². The predicted molar refractivity (Wildman–Crippen MR) is 93.6 cm³/mol. The van der Waals surface area contributed by atoms with Crippen molar-refractivity contribution in [3.05, 3.63) is 58.1 Å². The van der Waals surface area contributed by atoms with Crippen molar-refractivity contribution in [1.82, 2.24) is 0 Å². The van der Waals surface area contributed by atoms with Crippen LogP contribution in [0.4, 0.5) is 11.4 Å². The highest BCUT2D eigenvalue weighted by Gasteiger charge is 2.05. The zero-order chi connectivity index (χ0) is 18.3. The van der Waals surface area contributed by atoms with Crippen molar-refractivity contribution in [2.75, 3.05) is 5.73 Å². The van der Waals surface area contributed by atoms with Crippen molar-refractivity contribution in [2.24, 2.45) is 4.36 Å². The molecule has 24 heavy (non-hydrogen) atoms. The SMILES string of the molecule is Nc1cc(Cl)ccc1Cl.O=S(=O)=Nc1ccc(CS(=O)(=O)O)cc1. The first kappa shape index (κ1) is 20.4. The van der Waals surface area contributed by atoms with Crippen LogP contribution in [0, 0.1) is 0 Å². The fourth-order valence-electron chi connectivity index (χ4n) is 1.46. The minimum atomic E-state index is -4.07. The first-order valence-electron chi connectivity index (χ1n) is 6.12. The number of nitrogen functional groups attached to an aromatic ring is 1. The summed E-state index contributed by atoms with van der Waals surface area (Å²) in [6.07, 6.45) is 0. The molecule has 0 saturated carbocycles. The Balaban J connectivity index is 0.000000272. The van der Waals surface area contributed by atoms with Gasteiger partial charge in [-0.05, 0) is 35.9 Å². The van der Waals surface area contributed by atoms with Gasteiger partial charge in [-0.3, -0.25) is 4.55 Å². The maximum absolute atomic E-state index is 10.5. The molecule has 0 bridgehead atoms. The second-order valence-corrected chi connectivity index (χ2v) is 7.28. The molecule has 2 aromatic rings. The number of rotatable bonds is 3. The monoisotopic (exact) mass is 410 g/mol. The lowest BCUT2D eigenvalue weighted by Crippen LogP contribution is -2.00. The molecule has 0 aromatic heterocycles. The molecule has 0 aliphatic carbocycles. The third-order valence-electron chi connectivity index (χ3n) is 2.42. The molecule has 0 aliphatic rings. The summed E-state index contributed by atoms with van der Waals surface area (Å²) in [5.41, 5.74) is 6.47. The van der Waals surface area contributed by atoms with Crippen molar-refractivity contribution >= 4 is 55.2 Å². The molecule has 0 unspecified atom stereocenters. The molecule has 2 aromatic carbocycles. The minimum absolute atomic E-state index is 0.197. The van der Waals surface area contributed by atoms with E-state index in [4.69, 9.17) is 33.5 Å². The summed E-state index contributed by atoms with van der Waals surface area (Å²) in [5.74, 6) is -0.506. The Hall–Kier alpha value is -1.65. The molecule has 7 nitrogen and oxygen atoms in total. The van der Waals surface area contributed by atoms with Crippen LogP contribution in [0.1, 0.15) is 5.56 Å². The van der Waals surface area contributed by atoms with Gasteiger partial charge in [0.15, 0.2) is 0 Å². The molecule has 0 atom stereocenters. The van der Waals surface area contributed by atoms with Crippen LogP contribution in [0.2, 0.25) is 10.0 Å². The molecule has 130 valence electrons. The van der Waals surface area contributed by atoms with Gasteiger partial charge in [0.05, 0.1) is 16.4 Å². The molecule has 2 rings (SSSR count). The lowest BCUT2D eigenvalue weighted by atomic mass is 10.2. The average Bonchev–Trinajstić information content (AvgIpc) is 2.44. The summed E-state index contributed by atoms with van der Waals surface area (Å²) in [7, 11) is -6.60. The lowest BCUT2D eigenvalue weighted by molar-refractivity contribution is 0.482. The molecule has 0 saturated heterocycles. The quantitative estimate of drug-likeness (QED) is 0.589. The molecular weight excluding hydrogens is 399 g/mol. The van der Waals surface area contributed by atoms with Gasteiger partial charge in [-0.25, -0.2) is 0 Å². The van der Waals surface area contributed by atoms with E-state index < -0.39 is 26.4 Å². The van der Waals surface area contributed by atoms with Crippen LogP contribution in [-0.2, 0) is 26.4 Å². The highest BCUT2D eigenvalue weighted by molar-refractivity contribution is 7.85. The molecule has 0 amide bonds. The Morgan fingerprint density at radius 2 is 1.67 bits per heavy atom. The zero-order valence-corrected chi connectivity index (χ0v) is 15.1. The van der Waals surface area contributed by atoms with E-state index in [0.717, 1.165) is 0 Å². The first-order chi connectivity index (χ1) is 11.1. The Morgan fingerprint density at radius 1 is 1.08 bits per heavy atom. The number of nitrogens with zero attached hydrogens (tertiary/aromatic N) is 1. The van der Waals surface area contributed by atoms with Crippen LogP contribution >= 0.6 is 23.2 Å². The van der Waals surface area contributed by atoms with E-state index in [1.165, 1.54) is 24.3 Å². The summed E-state index contributed by atoms with van der Waals surface area (Å²) in [6, 6.07) is 10.4. The topological polar surface area (TPSA) is 127 Å².